The molecule has 2 heterocycles. The van der Waals surface area contributed by atoms with Crippen molar-refractivity contribution in [2.24, 2.45) is 10.1 Å². The number of amides is 2. The van der Waals surface area contributed by atoms with E-state index in [0.717, 1.165) is 16.8 Å². The molecule has 3 aromatic rings. The zero-order valence-corrected chi connectivity index (χ0v) is 20.9. The molecule has 5 rings (SSSR count). The maximum Gasteiger partial charge on any atom is 0.335 e. The Morgan fingerprint density at radius 2 is 1.73 bits per heavy atom. The molecule has 2 N–H and O–H groups in total. The molecule has 0 aliphatic carbocycles. The quantitative estimate of drug-likeness (QED) is 0.450. The summed E-state index contributed by atoms with van der Waals surface area (Å²) in [6.45, 7) is 0. The Balaban J connectivity index is 1.31. The number of carboxylic acids is 1. The van der Waals surface area contributed by atoms with E-state index in [-0.39, 0.29) is 23.9 Å². The van der Waals surface area contributed by atoms with Gasteiger partial charge in [0.2, 0.25) is 5.91 Å². The highest BCUT2D eigenvalue weighted by molar-refractivity contribution is 8.15. The number of carbonyl (C=O) groups excluding carboxylic acids is 2. The zero-order valence-electron chi connectivity index (χ0n) is 19.4. The lowest BCUT2D eigenvalue weighted by molar-refractivity contribution is -0.121. The van der Waals surface area contributed by atoms with Crippen LogP contribution in [0.4, 0.5) is 5.69 Å². The molecule has 2 atom stereocenters. The Bertz CT molecular complexity index is 1410. The highest BCUT2D eigenvalue weighted by atomic mass is 35.5. The lowest BCUT2D eigenvalue weighted by Crippen LogP contribution is -2.25. The second kappa shape index (κ2) is 10.6. The number of rotatable bonds is 6. The number of hydrogen-bond acceptors (Lipinski definition) is 6. The van der Waals surface area contributed by atoms with Crippen molar-refractivity contribution in [1.82, 2.24) is 5.01 Å². The summed E-state index contributed by atoms with van der Waals surface area (Å²) in [7, 11) is 0. The number of halogens is 1. The molecule has 2 aliphatic heterocycles. The molecule has 0 saturated heterocycles. The van der Waals surface area contributed by atoms with Gasteiger partial charge in [0, 0.05) is 23.6 Å². The van der Waals surface area contributed by atoms with Crippen molar-refractivity contribution in [1.29, 1.82) is 0 Å². The number of benzene rings is 3. The molecule has 2 aliphatic rings. The van der Waals surface area contributed by atoms with Crippen LogP contribution in [-0.4, -0.2) is 44.0 Å². The average molecular weight is 533 g/mol. The molecule has 0 saturated carbocycles. The summed E-state index contributed by atoms with van der Waals surface area (Å²) >= 11 is 7.31. The minimum Gasteiger partial charge on any atom is -0.478 e. The monoisotopic (exact) mass is 532 g/mol. The van der Waals surface area contributed by atoms with Crippen LogP contribution in [0.15, 0.2) is 89.0 Å². The van der Waals surface area contributed by atoms with E-state index in [1.807, 2.05) is 54.6 Å². The van der Waals surface area contributed by atoms with Crippen LogP contribution in [-0.2, 0) is 9.59 Å². The summed E-state index contributed by atoms with van der Waals surface area (Å²) in [5.41, 5.74) is 3.42. The summed E-state index contributed by atoms with van der Waals surface area (Å²) in [6, 6.07) is 23.0. The van der Waals surface area contributed by atoms with Crippen molar-refractivity contribution in [3.05, 3.63) is 101 Å². The van der Waals surface area contributed by atoms with E-state index in [9.17, 15) is 14.4 Å². The normalized spacial score (nSPS) is 18.9. The van der Waals surface area contributed by atoms with Gasteiger partial charge in [-0.3, -0.25) is 9.59 Å². The zero-order chi connectivity index (χ0) is 25.9. The van der Waals surface area contributed by atoms with Crippen LogP contribution in [0.1, 0.15) is 40.4 Å². The second-order valence-electron chi connectivity index (χ2n) is 8.50. The lowest BCUT2D eigenvalue weighted by Gasteiger charge is -2.23. The molecule has 0 aromatic heterocycles. The van der Waals surface area contributed by atoms with Gasteiger partial charge in [-0.15, -0.1) is 0 Å². The molecule has 8 nitrogen and oxygen atoms in total. The van der Waals surface area contributed by atoms with E-state index in [0.29, 0.717) is 22.3 Å². The average Bonchev–Trinajstić information content (AvgIpc) is 3.49. The van der Waals surface area contributed by atoms with E-state index in [1.165, 1.54) is 36.0 Å². The minimum absolute atomic E-state index is 0.0775. The van der Waals surface area contributed by atoms with Crippen molar-refractivity contribution >= 4 is 57.7 Å². The predicted octanol–water partition coefficient (Wildman–Crippen LogP) is 5.22. The largest absolute Gasteiger partial charge is 0.478 e. The highest BCUT2D eigenvalue weighted by Crippen LogP contribution is 2.38. The number of carbonyl (C=O) groups is 3. The van der Waals surface area contributed by atoms with Crippen LogP contribution in [0.3, 0.4) is 0 Å². The molecule has 3 aromatic carbocycles. The Morgan fingerprint density at radius 1 is 1.03 bits per heavy atom. The molecule has 2 unspecified atom stereocenters. The number of thioether (sulfide) groups is 1. The van der Waals surface area contributed by atoms with Crippen LogP contribution < -0.4 is 5.32 Å². The fourth-order valence-electron chi connectivity index (χ4n) is 4.12. The van der Waals surface area contributed by atoms with E-state index < -0.39 is 17.1 Å². The van der Waals surface area contributed by atoms with E-state index in [4.69, 9.17) is 21.8 Å². The van der Waals surface area contributed by atoms with Gasteiger partial charge in [-0.2, -0.15) is 10.1 Å². The van der Waals surface area contributed by atoms with Crippen LogP contribution >= 0.6 is 23.4 Å². The van der Waals surface area contributed by atoms with E-state index in [2.05, 4.69) is 10.3 Å². The van der Waals surface area contributed by atoms with Crippen LogP contribution in [0.25, 0.3) is 0 Å². The van der Waals surface area contributed by atoms with Crippen molar-refractivity contribution in [2.45, 2.75) is 24.1 Å². The standard InChI is InChI=1S/C27H21ClN4O4S/c28-19-10-6-17(7-11-19)22-14-21(16-4-2-1-3-5-16)31-32(22)27-30-25(34)23(37-27)15-24(33)29-20-12-8-18(9-13-20)26(35)36/h1-13,22-23H,14-15H2,(H,29,33)(H,35,36). The molecule has 0 fully saturated rings. The molecule has 0 radical (unpaired) electrons. The number of carboxylic acid groups (broad SMARTS) is 1. The number of amidine groups is 1. The summed E-state index contributed by atoms with van der Waals surface area (Å²) in [4.78, 5) is 40.6. The molecule has 10 heteroatoms. The molecule has 186 valence electrons. The number of aromatic carboxylic acids is 1. The second-order valence-corrected chi connectivity index (χ2v) is 10.1. The molecule has 37 heavy (non-hydrogen) atoms. The third-order valence-electron chi connectivity index (χ3n) is 5.98. The minimum atomic E-state index is -1.05. The molecule has 2 amide bonds. The maximum absolute atomic E-state index is 12.7. The number of nitrogens with one attached hydrogen (secondary N) is 1. The third kappa shape index (κ3) is 5.58. The Hall–Kier alpha value is -3.95. The fraction of sp³-hybridized carbons (Fsp3) is 0.148. The smallest absolute Gasteiger partial charge is 0.335 e. The van der Waals surface area contributed by atoms with E-state index >= 15 is 0 Å². The van der Waals surface area contributed by atoms with Gasteiger partial charge in [-0.25, -0.2) is 9.80 Å². The Labute approximate surface area is 222 Å². The first-order chi connectivity index (χ1) is 17.9. The first-order valence-corrected chi connectivity index (χ1v) is 12.7. The van der Waals surface area contributed by atoms with Gasteiger partial charge in [0.1, 0.15) is 5.25 Å². The van der Waals surface area contributed by atoms with Gasteiger partial charge in [-0.1, -0.05) is 65.8 Å². The van der Waals surface area contributed by atoms with Gasteiger partial charge >= 0.3 is 5.97 Å². The molecular formula is C27H21ClN4O4S. The van der Waals surface area contributed by atoms with Crippen LogP contribution in [0.5, 0.6) is 0 Å². The summed E-state index contributed by atoms with van der Waals surface area (Å²) in [5.74, 6) is -1.81. The Morgan fingerprint density at radius 3 is 2.41 bits per heavy atom. The maximum atomic E-state index is 12.7. The molecule has 0 spiro atoms. The highest BCUT2D eigenvalue weighted by Gasteiger charge is 2.39. The number of hydrazone groups is 1. The number of anilines is 1. The first kappa shape index (κ1) is 24.7. The number of hydrogen-bond donors (Lipinski definition) is 2. The number of nitrogens with zero attached hydrogens (tertiary/aromatic N) is 3. The number of aliphatic imine (C=N–C) groups is 1. The molecule has 0 bridgehead atoms. The predicted molar refractivity (Wildman–Crippen MR) is 144 cm³/mol. The molecular weight excluding hydrogens is 512 g/mol. The van der Waals surface area contributed by atoms with E-state index in [1.54, 1.807) is 5.01 Å². The first-order valence-electron chi connectivity index (χ1n) is 11.5. The Kier molecular flexibility index (Phi) is 7.07. The van der Waals surface area contributed by atoms with Crippen LogP contribution in [0, 0.1) is 0 Å². The van der Waals surface area contributed by atoms with Crippen molar-refractivity contribution in [3.63, 3.8) is 0 Å². The summed E-state index contributed by atoms with van der Waals surface area (Å²) < 4.78 is 0. The lowest BCUT2D eigenvalue weighted by atomic mass is 9.99. The summed E-state index contributed by atoms with van der Waals surface area (Å²) in [5, 5.41) is 18.7. The summed E-state index contributed by atoms with van der Waals surface area (Å²) in [6.07, 6.45) is 0.544. The van der Waals surface area contributed by atoms with Gasteiger partial charge in [0.05, 0.1) is 17.3 Å². The fourth-order valence-corrected chi connectivity index (χ4v) is 5.30. The van der Waals surface area contributed by atoms with Gasteiger partial charge in [-0.05, 0) is 47.5 Å². The van der Waals surface area contributed by atoms with Gasteiger partial charge in [0.15, 0.2) is 5.17 Å². The van der Waals surface area contributed by atoms with Crippen molar-refractivity contribution < 1.29 is 19.5 Å². The van der Waals surface area contributed by atoms with Crippen molar-refractivity contribution in [2.75, 3.05) is 5.32 Å². The third-order valence-corrected chi connectivity index (χ3v) is 7.38. The van der Waals surface area contributed by atoms with Gasteiger partial charge in [0.25, 0.3) is 5.91 Å². The SMILES string of the molecule is O=C(CC1SC(N2N=C(c3ccccc3)CC2c2ccc(Cl)cc2)=NC1=O)Nc1ccc(C(=O)O)cc1. The van der Waals surface area contributed by atoms with Crippen molar-refractivity contribution in [3.8, 4) is 0 Å². The topological polar surface area (TPSA) is 111 Å². The van der Waals surface area contributed by atoms with Gasteiger partial charge < -0.3 is 10.4 Å². The van der Waals surface area contributed by atoms with Crippen LogP contribution in [0.2, 0.25) is 5.02 Å².